The van der Waals surface area contributed by atoms with Gasteiger partial charge in [-0.3, -0.25) is 38.1 Å². The summed E-state index contributed by atoms with van der Waals surface area (Å²) in [4.78, 5) is 90.7. The summed E-state index contributed by atoms with van der Waals surface area (Å²) in [5.74, 6) is -4.14. The summed E-state index contributed by atoms with van der Waals surface area (Å²) in [5.41, 5.74) is 1.53. The van der Waals surface area contributed by atoms with Crippen LogP contribution >= 0.6 is 23.4 Å². The average molecular weight is 698 g/mol. The number of aliphatic carboxylic acids is 1. The number of benzene rings is 2. The topological polar surface area (TPSA) is 193 Å². The van der Waals surface area contributed by atoms with Crippen molar-refractivity contribution in [1.82, 2.24) is 25.6 Å². The van der Waals surface area contributed by atoms with Gasteiger partial charge in [-0.2, -0.15) is 0 Å². The molecule has 3 aromatic rings. The van der Waals surface area contributed by atoms with Crippen LogP contribution in [0.4, 0.5) is 0 Å². The largest absolute Gasteiger partial charge is 0.481 e. The number of nitrogens with one attached hydrogen (secondary N) is 3. The summed E-state index contributed by atoms with van der Waals surface area (Å²) in [6.07, 6.45) is 3.65. The third kappa shape index (κ3) is 10.6. The quantitative estimate of drug-likeness (QED) is 0.135. The van der Waals surface area contributed by atoms with Gasteiger partial charge >= 0.3 is 5.97 Å². The van der Waals surface area contributed by atoms with E-state index in [4.69, 9.17) is 16.4 Å². The van der Waals surface area contributed by atoms with E-state index in [1.54, 1.807) is 37.3 Å². The molecule has 0 aliphatic rings. The Bertz CT molecular complexity index is 1790. The van der Waals surface area contributed by atoms with E-state index < -0.39 is 55.1 Å². The monoisotopic (exact) mass is 697 g/mol. The molecule has 48 heavy (non-hydrogen) atoms. The Balaban J connectivity index is 1.71. The van der Waals surface area contributed by atoms with Crippen LogP contribution in [0, 0.1) is 6.92 Å². The Labute approximate surface area is 284 Å². The predicted octanol–water partition coefficient (Wildman–Crippen LogP) is 2.37. The van der Waals surface area contributed by atoms with E-state index in [1.165, 1.54) is 42.0 Å². The molecule has 0 aliphatic heterocycles. The van der Waals surface area contributed by atoms with Crippen molar-refractivity contribution in [2.24, 2.45) is 0 Å². The number of nitrogens with zero attached hydrogens (tertiary/aromatic N) is 2. The van der Waals surface area contributed by atoms with E-state index in [2.05, 4.69) is 22.5 Å². The SMILES string of the molecule is C=C/C=C/N(Oc1ccc2c(c1)c(CC(=O)O)c(C)n2C(=O)c1ccc(Cl)cc1)C(=O)CNC(=O)CNC(=O)CNC(=O)CSC(C)=O. The number of carboxylic acid groups (broad SMARTS) is 1. The highest BCUT2D eigenvalue weighted by Crippen LogP contribution is 2.31. The van der Waals surface area contributed by atoms with Gasteiger partial charge in [0.05, 0.1) is 30.8 Å². The van der Waals surface area contributed by atoms with Crippen molar-refractivity contribution in [2.75, 3.05) is 25.4 Å². The molecule has 0 fully saturated rings. The summed E-state index contributed by atoms with van der Waals surface area (Å²) >= 11 is 6.76. The first kappa shape index (κ1) is 37.1. The summed E-state index contributed by atoms with van der Waals surface area (Å²) in [6, 6.07) is 10.8. The lowest BCUT2D eigenvalue weighted by Crippen LogP contribution is -2.45. The molecule has 3 rings (SSSR count). The summed E-state index contributed by atoms with van der Waals surface area (Å²) in [5, 5.41) is 18.0. The number of hydrogen-bond donors (Lipinski definition) is 4. The number of halogens is 1. The fourth-order valence-corrected chi connectivity index (χ4v) is 4.81. The minimum absolute atomic E-state index is 0.120. The number of carboxylic acids is 1. The zero-order chi connectivity index (χ0) is 35.4. The number of carbonyl (C=O) groups excluding carboxylic acids is 6. The number of thioether (sulfide) groups is 1. The van der Waals surface area contributed by atoms with Crippen molar-refractivity contribution in [3.63, 3.8) is 0 Å². The second-order valence-electron chi connectivity index (χ2n) is 9.96. The number of hydroxylamine groups is 2. The molecule has 0 radical (unpaired) electrons. The number of aromatic nitrogens is 1. The van der Waals surface area contributed by atoms with Crippen molar-refractivity contribution >= 4 is 74.9 Å². The highest BCUT2D eigenvalue weighted by atomic mass is 35.5. The van der Waals surface area contributed by atoms with Gasteiger partial charge in [0.25, 0.3) is 11.8 Å². The fourth-order valence-electron chi connectivity index (χ4n) is 4.25. The number of allylic oxidation sites excluding steroid dienone is 2. The van der Waals surface area contributed by atoms with Crippen LogP contribution in [0.15, 0.2) is 67.4 Å². The molecule has 0 atom stereocenters. The minimum Gasteiger partial charge on any atom is -0.481 e. The first-order chi connectivity index (χ1) is 22.8. The van der Waals surface area contributed by atoms with E-state index in [-0.39, 0.29) is 23.0 Å². The van der Waals surface area contributed by atoms with Gasteiger partial charge < -0.3 is 25.9 Å². The van der Waals surface area contributed by atoms with E-state index >= 15 is 0 Å². The molecule has 0 spiro atoms. The van der Waals surface area contributed by atoms with E-state index in [0.29, 0.717) is 32.7 Å². The Morgan fingerprint density at radius 1 is 0.958 bits per heavy atom. The van der Waals surface area contributed by atoms with E-state index in [9.17, 15) is 38.7 Å². The molecular weight excluding hydrogens is 666 g/mol. The first-order valence-electron chi connectivity index (χ1n) is 14.2. The lowest BCUT2D eigenvalue weighted by atomic mass is 10.1. The zero-order valence-electron chi connectivity index (χ0n) is 25.9. The maximum Gasteiger partial charge on any atom is 0.307 e. The van der Waals surface area contributed by atoms with E-state index in [0.717, 1.165) is 16.8 Å². The van der Waals surface area contributed by atoms with Gasteiger partial charge in [0, 0.05) is 34.8 Å². The third-order valence-corrected chi connectivity index (χ3v) is 7.54. The van der Waals surface area contributed by atoms with Crippen molar-refractivity contribution in [3.8, 4) is 5.75 Å². The van der Waals surface area contributed by atoms with Gasteiger partial charge in [-0.25, -0.2) is 0 Å². The van der Waals surface area contributed by atoms with Crippen LogP contribution in [-0.2, 0) is 35.2 Å². The molecule has 2 aromatic carbocycles. The highest BCUT2D eigenvalue weighted by molar-refractivity contribution is 8.14. The van der Waals surface area contributed by atoms with Crippen molar-refractivity contribution in [2.45, 2.75) is 20.3 Å². The van der Waals surface area contributed by atoms with Gasteiger partial charge in [0.2, 0.25) is 17.7 Å². The van der Waals surface area contributed by atoms with E-state index in [1.807, 2.05) is 0 Å². The van der Waals surface area contributed by atoms with Gasteiger partial charge in [-0.05, 0) is 61.0 Å². The summed E-state index contributed by atoms with van der Waals surface area (Å²) < 4.78 is 1.40. The van der Waals surface area contributed by atoms with Crippen molar-refractivity contribution in [1.29, 1.82) is 0 Å². The first-order valence-corrected chi connectivity index (χ1v) is 15.6. The standard InChI is InChI=1S/C32H32ClN5O9S/c1-4-5-12-37(30(43)17-36-28(41)15-34-27(40)16-35-29(42)18-48-20(3)39)47-23-10-11-26-25(13-23)24(14-31(44)45)19(2)38(26)32(46)21-6-8-22(33)9-7-21/h4-13H,1,14-18H2,2-3H3,(H,34,40)(H,35,42)(H,36,41)(H,44,45)/b12-5+. The summed E-state index contributed by atoms with van der Waals surface area (Å²) in [7, 11) is 0. The molecule has 0 saturated heterocycles. The predicted molar refractivity (Wildman–Crippen MR) is 178 cm³/mol. The maximum atomic E-state index is 13.5. The van der Waals surface area contributed by atoms with Crippen LogP contribution in [0.2, 0.25) is 5.02 Å². The lowest BCUT2D eigenvalue weighted by Gasteiger charge is -2.19. The van der Waals surface area contributed by atoms with Crippen LogP contribution in [0.5, 0.6) is 5.75 Å². The van der Waals surface area contributed by atoms with Gasteiger partial charge in [0.15, 0.2) is 10.9 Å². The van der Waals surface area contributed by atoms with Crippen LogP contribution in [-0.4, -0.2) is 80.7 Å². The second kappa shape index (κ2) is 17.5. The number of amides is 4. The number of hydrogen-bond acceptors (Lipinski definition) is 9. The number of carbonyl (C=O) groups is 7. The Kier molecular flexibility index (Phi) is 13.5. The van der Waals surface area contributed by atoms with Crippen LogP contribution < -0.4 is 20.8 Å². The third-order valence-electron chi connectivity index (χ3n) is 6.47. The fraction of sp³-hybridized carbons (Fsp3) is 0.219. The minimum atomic E-state index is -1.12. The lowest BCUT2D eigenvalue weighted by molar-refractivity contribution is -0.148. The van der Waals surface area contributed by atoms with Crippen LogP contribution in [0.3, 0.4) is 0 Å². The molecule has 0 saturated carbocycles. The molecule has 16 heteroatoms. The highest BCUT2D eigenvalue weighted by Gasteiger charge is 2.23. The summed E-state index contributed by atoms with van der Waals surface area (Å²) in [6.45, 7) is 5.08. The number of rotatable bonds is 15. The molecule has 1 heterocycles. The molecule has 0 aliphatic carbocycles. The zero-order valence-corrected chi connectivity index (χ0v) is 27.5. The Morgan fingerprint density at radius 3 is 2.19 bits per heavy atom. The van der Waals surface area contributed by atoms with Gasteiger partial charge in [-0.15, -0.1) is 5.06 Å². The molecule has 4 N–H and O–H groups in total. The normalized spacial score (nSPS) is 10.7. The molecule has 14 nitrogen and oxygen atoms in total. The maximum absolute atomic E-state index is 13.5. The van der Waals surface area contributed by atoms with Gasteiger partial charge in [-0.1, -0.05) is 36.0 Å². The average Bonchev–Trinajstić information content (AvgIpc) is 3.31. The molecule has 252 valence electrons. The Hall–Kier alpha value is -5.41. The van der Waals surface area contributed by atoms with Crippen molar-refractivity contribution in [3.05, 3.63) is 89.2 Å². The number of fused-ring (bicyclic) bond motifs is 1. The smallest absolute Gasteiger partial charge is 0.307 e. The van der Waals surface area contributed by atoms with Crippen LogP contribution in [0.1, 0.15) is 28.5 Å². The molecule has 4 amide bonds. The Morgan fingerprint density at radius 2 is 1.58 bits per heavy atom. The van der Waals surface area contributed by atoms with Crippen molar-refractivity contribution < 1.29 is 43.5 Å². The van der Waals surface area contributed by atoms with Gasteiger partial charge in [0.1, 0.15) is 6.54 Å². The van der Waals surface area contributed by atoms with Crippen LogP contribution in [0.25, 0.3) is 10.9 Å². The molecule has 0 bridgehead atoms. The molecule has 0 unspecified atom stereocenters. The molecular formula is C32H32ClN5O9S. The molecule has 1 aromatic heterocycles. The second-order valence-corrected chi connectivity index (χ2v) is 11.5.